The number of hydrazine groups is 1. The van der Waals surface area contributed by atoms with Crippen LogP contribution in [-0.2, 0) is 30.4 Å². The van der Waals surface area contributed by atoms with Crippen LogP contribution >= 0.6 is 41.4 Å². The van der Waals surface area contributed by atoms with E-state index < -0.39 is 21.9 Å². The molecule has 0 saturated carbocycles. The maximum absolute atomic E-state index is 12.0. The molecule has 11 heteroatoms. The monoisotopic (exact) mass is 414 g/mol. The zero-order valence-corrected chi connectivity index (χ0v) is 17.2. The summed E-state index contributed by atoms with van der Waals surface area (Å²) in [6.07, 6.45) is 0. The molecule has 0 radical (unpaired) electrons. The summed E-state index contributed by atoms with van der Waals surface area (Å²) in [6.45, 7) is 5.08. The Morgan fingerprint density at radius 2 is 1.77 bits per heavy atom. The SMILES string of the molecule is CCOP(=S)(OCCOC)N(NC(=O)C(Cl)(Cl)Cl)C(C)(C)C. The number of methoxy groups -OCH3 is 1. The van der Waals surface area contributed by atoms with Crippen molar-refractivity contribution in [3.05, 3.63) is 0 Å². The van der Waals surface area contributed by atoms with Gasteiger partial charge in [0.05, 0.1) is 19.8 Å². The standard InChI is InChI=1S/C11H22Cl3N2O4PS/c1-6-19-21(22,20-8-7-18-5)16(10(2,3)4)15-9(17)11(12,13)14/h6-8H2,1-5H3,(H,15,17). The van der Waals surface area contributed by atoms with Crippen LogP contribution in [0.3, 0.4) is 0 Å². The van der Waals surface area contributed by atoms with Gasteiger partial charge in [0.25, 0.3) is 16.3 Å². The van der Waals surface area contributed by atoms with Crippen LogP contribution in [0.1, 0.15) is 27.7 Å². The third kappa shape index (κ3) is 7.60. The molecule has 0 aliphatic rings. The van der Waals surface area contributed by atoms with Gasteiger partial charge in [0.15, 0.2) is 0 Å². The first-order valence-electron chi connectivity index (χ1n) is 6.45. The van der Waals surface area contributed by atoms with Crippen LogP contribution in [0, 0.1) is 0 Å². The lowest BCUT2D eigenvalue weighted by molar-refractivity contribution is -0.125. The number of hydrogen-bond acceptors (Lipinski definition) is 5. The maximum Gasteiger partial charge on any atom is 0.286 e. The van der Waals surface area contributed by atoms with Gasteiger partial charge in [-0.3, -0.25) is 10.2 Å². The molecule has 22 heavy (non-hydrogen) atoms. The van der Waals surface area contributed by atoms with Crippen molar-refractivity contribution in [3.8, 4) is 0 Å². The Morgan fingerprint density at radius 3 is 2.14 bits per heavy atom. The summed E-state index contributed by atoms with van der Waals surface area (Å²) >= 11 is 22.3. The number of nitrogens with one attached hydrogen (secondary N) is 1. The first kappa shape index (κ1) is 22.8. The van der Waals surface area contributed by atoms with Gasteiger partial charge < -0.3 is 13.8 Å². The molecule has 132 valence electrons. The molecule has 1 amide bonds. The number of amides is 1. The van der Waals surface area contributed by atoms with Crippen molar-refractivity contribution in [2.24, 2.45) is 0 Å². The van der Waals surface area contributed by atoms with Crippen LogP contribution in [-0.4, -0.2) is 46.9 Å². The van der Waals surface area contributed by atoms with Crippen LogP contribution in [0.4, 0.5) is 0 Å². The van der Waals surface area contributed by atoms with Crippen LogP contribution < -0.4 is 5.43 Å². The molecule has 1 N–H and O–H groups in total. The summed E-state index contributed by atoms with van der Waals surface area (Å²) in [5.41, 5.74) is 1.88. The van der Waals surface area contributed by atoms with Crippen LogP contribution in [0.2, 0.25) is 0 Å². The minimum atomic E-state index is -3.03. The Hall–Kier alpha value is 0.830. The molecule has 0 fully saturated rings. The van der Waals surface area contributed by atoms with Gasteiger partial charge in [0.2, 0.25) is 0 Å². The Balaban J connectivity index is 5.42. The topological polar surface area (TPSA) is 60.0 Å². The molecule has 1 unspecified atom stereocenters. The van der Waals surface area contributed by atoms with E-state index >= 15 is 0 Å². The minimum Gasteiger partial charge on any atom is -0.382 e. The first-order chi connectivity index (χ1) is 9.88. The fourth-order valence-electron chi connectivity index (χ4n) is 1.31. The molecule has 0 aromatic carbocycles. The largest absolute Gasteiger partial charge is 0.382 e. The third-order valence-electron chi connectivity index (χ3n) is 2.18. The van der Waals surface area contributed by atoms with Crippen molar-refractivity contribution >= 4 is 59.2 Å². The van der Waals surface area contributed by atoms with Crippen molar-refractivity contribution in [1.82, 2.24) is 10.2 Å². The van der Waals surface area contributed by atoms with Gasteiger partial charge in [-0.25, -0.2) is 0 Å². The number of alkyl halides is 3. The van der Waals surface area contributed by atoms with Gasteiger partial charge in [-0.15, -0.1) is 4.78 Å². The lowest BCUT2D eigenvalue weighted by Gasteiger charge is -2.42. The van der Waals surface area contributed by atoms with E-state index in [1.807, 2.05) is 20.8 Å². The van der Waals surface area contributed by atoms with Crippen LogP contribution in [0.25, 0.3) is 0 Å². The lowest BCUT2D eigenvalue weighted by Crippen LogP contribution is -2.53. The zero-order chi connectivity index (χ0) is 17.6. The second-order valence-corrected chi connectivity index (χ2v) is 10.7. The summed E-state index contributed by atoms with van der Waals surface area (Å²) in [5, 5.41) is 0. The summed E-state index contributed by atoms with van der Waals surface area (Å²) in [5.74, 6) is -0.836. The maximum atomic E-state index is 12.0. The molecule has 6 nitrogen and oxygen atoms in total. The normalized spacial score (nSPS) is 15.7. The molecule has 1 atom stereocenters. The van der Waals surface area contributed by atoms with Gasteiger partial charge >= 0.3 is 0 Å². The number of carbonyl (C=O) groups is 1. The molecule has 0 bridgehead atoms. The number of halogens is 3. The van der Waals surface area contributed by atoms with E-state index in [0.717, 1.165) is 0 Å². The predicted molar refractivity (Wildman–Crippen MR) is 93.8 cm³/mol. The predicted octanol–water partition coefficient (Wildman–Crippen LogP) is 3.41. The molecule has 0 aliphatic heterocycles. The Morgan fingerprint density at radius 1 is 1.23 bits per heavy atom. The highest BCUT2D eigenvalue weighted by molar-refractivity contribution is 8.08. The molecule has 0 rings (SSSR count). The molecule has 0 saturated heterocycles. The number of rotatable bonds is 8. The fourth-order valence-corrected chi connectivity index (χ4v) is 4.72. The van der Waals surface area contributed by atoms with Gasteiger partial charge in [0.1, 0.15) is 0 Å². The Labute approximate surface area is 151 Å². The molecule has 0 aliphatic carbocycles. The summed E-state index contributed by atoms with van der Waals surface area (Å²) < 4.78 is 15.5. The highest BCUT2D eigenvalue weighted by Crippen LogP contribution is 2.54. The molecule has 0 aromatic heterocycles. The van der Waals surface area contributed by atoms with E-state index in [9.17, 15) is 4.79 Å². The molecular formula is C11H22Cl3N2O4PS. The van der Waals surface area contributed by atoms with Gasteiger partial charge in [-0.2, -0.15) is 0 Å². The highest BCUT2D eigenvalue weighted by atomic mass is 35.6. The van der Waals surface area contributed by atoms with Crippen molar-refractivity contribution < 1.29 is 18.6 Å². The van der Waals surface area contributed by atoms with Crippen molar-refractivity contribution in [3.63, 3.8) is 0 Å². The van der Waals surface area contributed by atoms with Crippen LogP contribution in [0.5, 0.6) is 0 Å². The fraction of sp³-hybridized carbons (Fsp3) is 0.909. The van der Waals surface area contributed by atoms with E-state index in [2.05, 4.69) is 5.43 Å². The summed E-state index contributed by atoms with van der Waals surface area (Å²) in [6, 6.07) is 0. The number of hydrogen-bond donors (Lipinski definition) is 1. The number of ether oxygens (including phenoxy) is 1. The van der Waals surface area contributed by atoms with E-state index in [1.165, 1.54) is 4.78 Å². The van der Waals surface area contributed by atoms with E-state index in [-0.39, 0.29) is 6.61 Å². The molecular weight excluding hydrogens is 394 g/mol. The van der Waals surface area contributed by atoms with Gasteiger partial charge in [-0.05, 0) is 39.5 Å². The number of carbonyl (C=O) groups excluding carboxylic acids is 1. The summed E-state index contributed by atoms with van der Waals surface area (Å²) in [7, 11) is 1.54. The number of nitrogens with zero attached hydrogens (tertiary/aromatic N) is 1. The van der Waals surface area contributed by atoms with Gasteiger partial charge in [-0.1, -0.05) is 34.8 Å². The quantitative estimate of drug-likeness (QED) is 0.284. The molecule has 0 spiro atoms. The zero-order valence-electron chi connectivity index (χ0n) is 13.2. The second kappa shape index (κ2) is 9.35. The molecule has 0 aromatic rings. The average molecular weight is 416 g/mol. The van der Waals surface area contributed by atoms with E-state index in [4.69, 9.17) is 60.4 Å². The Kier molecular flexibility index (Phi) is 9.70. The van der Waals surface area contributed by atoms with Crippen molar-refractivity contribution in [2.75, 3.05) is 26.9 Å². The van der Waals surface area contributed by atoms with Crippen molar-refractivity contribution in [2.45, 2.75) is 37.0 Å². The third-order valence-corrected chi connectivity index (χ3v) is 6.10. The average Bonchev–Trinajstić information content (AvgIpc) is 2.33. The smallest absolute Gasteiger partial charge is 0.286 e. The highest BCUT2D eigenvalue weighted by Gasteiger charge is 2.42. The molecule has 0 heterocycles. The van der Waals surface area contributed by atoms with E-state index in [0.29, 0.717) is 13.2 Å². The van der Waals surface area contributed by atoms with Crippen molar-refractivity contribution in [1.29, 1.82) is 0 Å². The minimum absolute atomic E-state index is 0.212. The van der Waals surface area contributed by atoms with E-state index in [1.54, 1.807) is 14.0 Å². The lowest BCUT2D eigenvalue weighted by atomic mass is 10.1. The summed E-state index contributed by atoms with van der Waals surface area (Å²) in [4.78, 5) is 12.0. The van der Waals surface area contributed by atoms with Crippen LogP contribution in [0.15, 0.2) is 0 Å². The Bertz CT molecular complexity index is 415. The first-order valence-corrected chi connectivity index (χ1v) is 10.2. The van der Waals surface area contributed by atoms with Gasteiger partial charge in [0, 0.05) is 12.6 Å². The second-order valence-electron chi connectivity index (χ2n) is 5.13.